The Balaban J connectivity index is 2.04. The number of esters is 1. The number of amides is 1. The third kappa shape index (κ3) is 4.82. The van der Waals surface area contributed by atoms with Gasteiger partial charge in [-0.3, -0.25) is 4.79 Å². The summed E-state index contributed by atoms with van der Waals surface area (Å²) < 4.78 is 9.86. The zero-order chi connectivity index (χ0) is 17.4. The van der Waals surface area contributed by atoms with E-state index >= 15 is 0 Å². The molecule has 2 atom stereocenters. The maximum atomic E-state index is 12.1. The minimum absolute atomic E-state index is 0.127. The molecule has 0 saturated heterocycles. The first-order valence-electron chi connectivity index (χ1n) is 7.47. The van der Waals surface area contributed by atoms with Crippen LogP contribution in [0.1, 0.15) is 17.2 Å². The Morgan fingerprint density at radius 2 is 1.62 bits per heavy atom. The minimum Gasteiger partial charge on any atom is -0.468 e. The maximum Gasteiger partial charge on any atom is 0.408 e. The smallest absolute Gasteiger partial charge is 0.408 e. The summed E-state index contributed by atoms with van der Waals surface area (Å²) in [7, 11) is 1.25. The monoisotopic (exact) mass is 328 g/mol. The van der Waals surface area contributed by atoms with E-state index in [0.717, 1.165) is 5.56 Å². The van der Waals surface area contributed by atoms with Gasteiger partial charge < -0.3 is 20.5 Å². The number of ether oxygens (including phenoxy) is 2. The van der Waals surface area contributed by atoms with E-state index in [1.54, 1.807) is 24.3 Å². The Bertz CT molecular complexity index is 661. The second-order valence-corrected chi connectivity index (χ2v) is 5.14. The lowest BCUT2D eigenvalue weighted by atomic mass is 10.00. The highest BCUT2D eigenvalue weighted by molar-refractivity contribution is 5.78. The first-order chi connectivity index (χ1) is 11.6. The van der Waals surface area contributed by atoms with Crippen LogP contribution in [0, 0.1) is 0 Å². The van der Waals surface area contributed by atoms with E-state index in [-0.39, 0.29) is 6.61 Å². The number of hydrogen-bond acceptors (Lipinski definition) is 5. The van der Waals surface area contributed by atoms with E-state index in [1.807, 2.05) is 36.4 Å². The molecule has 6 nitrogen and oxygen atoms in total. The van der Waals surface area contributed by atoms with Crippen LogP contribution >= 0.6 is 0 Å². The zero-order valence-corrected chi connectivity index (χ0v) is 13.3. The van der Waals surface area contributed by atoms with Crippen molar-refractivity contribution in [1.82, 2.24) is 5.32 Å². The predicted molar refractivity (Wildman–Crippen MR) is 88.9 cm³/mol. The first-order valence-corrected chi connectivity index (χ1v) is 7.47. The number of benzene rings is 2. The van der Waals surface area contributed by atoms with Crippen molar-refractivity contribution in [1.29, 1.82) is 0 Å². The predicted octanol–water partition coefficient (Wildman–Crippen LogP) is 2.15. The third-order valence-electron chi connectivity index (χ3n) is 3.48. The normalized spacial score (nSPS) is 12.8. The van der Waals surface area contributed by atoms with Gasteiger partial charge in [-0.15, -0.1) is 0 Å². The Morgan fingerprint density at radius 3 is 2.21 bits per heavy atom. The molecule has 126 valence electrons. The molecule has 0 saturated carbocycles. The summed E-state index contributed by atoms with van der Waals surface area (Å²) in [5, 5.41) is 2.63. The molecule has 0 spiro atoms. The molecule has 2 aromatic rings. The molecule has 1 amide bonds. The van der Waals surface area contributed by atoms with Crippen molar-refractivity contribution < 1.29 is 19.1 Å². The van der Waals surface area contributed by atoms with Gasteiger partial charge in [0.1, 0.15) is 12.6 Å². The van der Waals surface area contributed by atoms with Crippen LogP contribution < -0.4 is 11.1 Å². The Kier molecular flexibility index (Phi) is 6.33. The minimum atomic E-state index is -1.04. The Labute approximate surface area is 140 Å². The fraction of sp³-hybridized carbons (Fsp3) is 0.222. The first kappa shape index (κ1) is 17.5. The fourth-order valence-corrected chi connectivity index (χ4v) is 2.20. The topological polar surface area (TPSA) is 90.6 Å². The number of nitrogens with two attached hydrogens (primary N) is 1. The van der Waals surface area contributed by atoms with Crippen molar-refractivity contribution in [2.75, 3.05) is 7.11 Å². The number of nitrogens with one attached hydrogen (secondary N) is 1. The summed E-state index contributed by atoms with van der Waals surface area (Å²) >= 11 is 0. The number of carbonyl (C=O) groups excluding carboxylic acids is 2. The Hall–Kier alpha value is -2.86. The number of hydrogen-bond donors (Lipinski definition) is 2. The van der Waals surface area contributed by atoms with E-state index in [0.29, 0.717) is 5.56 Å². The van der Waals surface area contributed by atoms with E-state index < -0.39 is 24.1 Å². The summed E-state index contributed by atoms with van der Waals surface area (Å²) in [6, 6.07) is 16.5. The standard InChI is InChI=1S/C18H20N2O4/c1-23-17(21)15(19)16(14-10-6-3-7-11-14)20-18(22)24-12-13-8-4-2-5-9-13/h2-11,15-16H,12,19H2,1H3,(H,20,22)/t15-,16-/m0/s1. The number of carbonyl (C=O) groups is 2. The summed E-state index contributed by atoms with van der Waals surface area (Å²) in [6.07, 6.45) is -0.660. The summed E-state index contributed by atoms with van der Waals surface area (Å²) in [5.74, 6) is -0.618. The molecule has 0 radical (unpaired) electrons. The molecule has 0 bridgehead atoms. The van der Waals surface area contributed by atoms with E-state index in [2.05, 4.69) is 10.1 Å². The lowest BCUT2D eigenvalue weighted by Gasteiger charge is -2.23. The molecule has 2 rings (SSSR count). The lowest BCUT2D eigenvalue weighted by molar-refractivity contribution is -0.142. The SMILES string of the molecule is COC(=O)[C@@H](N)[C@@H](NC(=O)OCc1ccccc1)c1ccccc1. The van der Waals surface area contributed by atoms with Gasteiger partial charge in [0.05, 0.1) is 13.2 Å². The van der Waals surface area contributed by atoms with Gasteiger partial charge in [-0.1, -0.05) is 60.7 Å². The number of alkyl carbamates (subject to hydrolysis) is 1. The molecule has 0 heterocycles. The van der Waals surface area contributed by atoms with Crippen LogP contribution in [0.25, 0.3) is 0 Å². The molecule has 0 aliphatic rings. The molecule has 0 unspecified atom stereocenters. The van der Waals surface area contributed by atoms with Gasteiger partial charge >= 0.3 is 12.1 Å². The van der Waals surface area contributed by atoms with Gasteiger partial charge in [-0.05, 0) is 11.1 Å². The summed E-state index contributed by atoms with van der Waals surface area (Å²) in [6.45, 7) is 0.127. The number of rotatable bonds is 6. The van der Waals surface area contributed by atoms with Gasteiger partial charge in [0.2, 0.25) is 0 Å². The van der Waals surface area contributed by atoms with Crippen molar-refractivity contribution in [3.63, 3.8) is 0 Å². The van der Waals surface area contributed by atoms with Crippen LogP contribution in [0.15, 0.2) is 60.7 Å². The quantitative estimate of drug-likeness (QED) is 0.793. The molecule has 0 aliphatic carbocycles. The molecule has 2 aromatic carbocycles. The van der Waals surface area contributed by atoms with Crippen molar-refractivity contribution in [3.05, 3.63) is 71.8 Å². The van der Waals surface area contributed by atoms with Gasteiger partial charge in [0.15, 0.2) is 0 Å². The van der Waals surface area contributed by atoms with Gasteiger partial charge in [0.25, 0.3) is 0 Å². The summed E-state index contributed by atoms with van der Waals surface area (Å²) in [5.41, 5.74) is 7.46. The molecule has 0 aliphatic heterocycles. The summed E-state index contributed by atoms with van der Waals surface area (Å²) in [4.78, 5) is 23.8. The fourth-order valence-electron chi connectivity index (χ4n) is 2.20. The number of methoxy groups -OCH3 is 1. The van der Waals surface area contributed by atoms with Crippen LogP contribution in [-0.2, 0) is 20.9 Å². The van der Waals surface area contributed by atoms with Crippen molar-refractivity contribution in [2.24, 2.45) is 5.73 Å². The van der Waals surface area contributed by atoms with E-state index in [9.17, 15) is 9.59 Å². The lowest BCUT2D eigenvalue weighted by Crippen LogP contribution is -2.46. The third-order valence-corrected chi connectivity index (χ3v) is 3.48. The zero-order valence-electron chi connectivity index (χ0n) is 13.3. The van der Waals surface area contributed by atoms with Gasteiger partial charge in [-0.2, -0.15) is 0 Å². The second kappa shape index (κ2) is 8.69. The van der Waals surface area contributed by atoms with Crippen molar-refractivity contribution in [3.8, 4) is 0 Å². The van der Waals surface area contributed by atoms with Gasteiger partial charge in [0, 0.05) is 0 Å². The highest BCUT2D eigenvalue weighted by Gasteiger charge is 2.28. The van der Waals surface area contributed by atoms with Crippen LogP contribution in [-0.4, -0.2) is 25.2 Å². The highest BCUT2D eigenvalue weighted by Crippen LogP contribution is 2.17. The van der Waals surface area contributed by atoms with Gasteiger partial charge in [-0.25, -0.2) is 4.79 Å². The molecular formula is C18H20N2O4. The maximum absolute atomic E-state index is 12.1. The van der Waals surface area contributed by atoms with E-state index in [1.165, 1.54) is 7.11 Å². The van der Waals surface area contributed by atoms with E-state index in [4.69, 9.17) is 10.5 Å². The van der Waals surface area contributed by atoms with Crippen molar-refractivity contribution >= 4 is 12.1 Å². The van der Waals surface area contributed by atoms with Crippen LogP contribution in [0.5, 0.6) is 0 Å². The van der Waals surface area contributed by atoms with Crippen LogP contribution in [0.2, 0.25) is 0 Å². The van der Waals surface area contributed by atoms with Crippen molar-refractivity contribution in [2.45, 2.75) is 18.7 Å². The molecule has 24 heavy (non-hydrogen) atoms. The average Bonchev–Trinajstić information content (AvgIpc) is 2.64. The molecule has 0 fully saturated rings. The Morgan fingerprint density at radius 1 is 1.04 bits per heavy atom. The second-order valence-electron chi connectivity index (χ2n) is 5.14. The largest absolute Gasteiger partial charge is 0.468 e. The molecule has 0 aromatic heterocycles. The molecular weight excluding hydrogens is 308 g/mol. The highest BCUT2D eigenvalue weighted by atomic mass is 16.5. The average molecular weight is 328 g/mol. The molecule has 6 heteroatoms. The van der Waals surface area contributed by atoms with Crippen LogP contribution in [0.4, 0.5) is 4.79 Å². The molecule has 3 N–H and O–H groups in total. The van der Waals surface area contributed by atoms with Crippen LogP contribution in [0.3, 0.4) is 0 Å².